The molecule has 1 aromatic rings. The maximum absolute atomic E-state index is 11.8. The molecular weight excluding hydrogens is 266 g/mol. The lowest BCUT2D eigenvalue weighted by Crippen LogP contribution is -2.20. The van der Waals surface area contributed by atoms with E-state index in [9.17, 15) is 4.79 Å². The fourth-order valence-corrected chi connectivity index (χ4v) is 1.93. The van der Waals surface area contributed by atoms with Gasteiger partial charge < -0.3 is 5.32 Å². The molecule has 0 saturated carbocycles. The Morgan fingerprint density at radius 3 is 2.81 bits per heavy atom. The second kappa shape index (κ2) is 6.04. The maximum Gasteiger partial charge on any atom is 0.227 e. The van der Waals surface area contributed by atoms with Crippen molar-refractivity contribution < 1.29 is 4.79 Å². The van der Waals surface area contributed by atoms with Crippen molar-refractivity contribution in [3.63, 3.8) is 0 Å². The smallest absolute Gasteiger partial charge is 0.227 e. The van der Waals surface area contributed by atoms with Crippen molar-refractivity contribution in [3.05, 3.63) is 28.2 Å². The van der Waals surface area contributed by atoms with Gasteiger partial charge in [0, 0.05) is 10.4 Å². The van der Waals surface area contributed by atoms with Gasteiger partial charge in [-0.15, -0.1) is 0 Å². The molecule has 0 heterocycles. The number of carbonyl (C=O) groups is 1. The Hall–Kier alpha value is -0.830. The third-order valence-electron chi connectivity index (χ3n) is 2.62. The number of aryl methyl sites for hydroxylation is 1. The van der Waals surface area contributed by atoms with E-state index in [1.54, 1.807) is 0 Å². The van der Waals surface area contributed by atoms with Crippen LogP contribution in [0, 0.1) is 12.8 Å². The molecule has 0 bridgehead atoms. The van der Waals surface area contributed by atoms with Crippen molar-refractivity contribution in [2.75, 3.05) is 5.32 Å². The summed E-state index contributed by atoms with van der Waals surface area (Å²) in [5.41, 5.74) is 1.98. The molecule has 1 rings (SSSR count). The fourth-order valence-electron chi connectivity index (χ4n) is 1.56. The van der Waals surface area contributed by atoms with Crippen LogP contribution >= 0.6 is 15.9 Å². The first-order valence-corrected chi connectivity index (χ1v) is 6.41. The maximum atomic E-state index is 11.8. The molecule has 0 aliphatic heterocycles. The van der Waals surface area contributed by atoms with E-state index >= 15 is 0 Å². The second-order valence-corrected chi connectivity index (χ2v) is 4.91. The summed E-state index contributed by atoms with van der Waals surface area (Å²) >= 11 is 3.48. The summed E-state index contributed by atoms with van der Waals surface area (Å²) in [6, 6.07) is 5.86. The first-order chi connectivity index (χ1) is 7.56. The number of halogens is 1. The molecule has 16 heavy (non-hydrogen) atoms. The third kappa shape index (κ3) is 3.34. The Morgan fingerprint density at radius 1 is 1.50 bits per heavy atom. The van der Waals surface area contributed by atoms with Gasteiger partial charge in [-0.3, -0.25) is 4.79 Å². The van der Waals surface area contributed by atoms with Gasteiger partial charge in [-0.1, -0.05) is 32.4 Å². The van der Waals surface area contributed by atoms with E-state index in [0.717, 1.165) is 28.6 Å². The Balaban J connectivity index is 2.73. The van der Waals surface area contributed by atoms with E-state index in [1.807, 2.05) is 32.0 Å². The lowest BCUT2D eigenvalue weighted by atomic mass is 10.1. The summed E-state index contributed by atoms with van der Waals surface area (Å²) in [5, 5.41) is 2.95. The van der Waals surface area contributed by atoms with E-state index in [-0.39, 0.29) is 11.8 Å². The summed E-state index contributed by atoms with van der Waals surface area (Å²) in [7, 11) is 0. The molecule has 1 unspecified atom stereocenters. The molecule has 3 heteroatoms. The molecule has 2 nitrogen and oxygen atoms in total. The van der Waals surface area contributed by atoms with E-state index < -0.39 is 0 Å². The molecule has 0 saturated heterocycles. The standard InChI is InChI=1S/C13H18BrNO/c1-4-6-10(3)13(16)15-11-8-5-7-9(2)12(11)14/h5,7-8,10H,4,6H2,1-3H3,(H,15,16). The Kier molecular flexibility index (Phi) is 5.00. The molecule has 0 aromatic heterocycles. The molecule has 1 amide bonds. The van der Waals surface area contributed by atoms with Crippen molar-refractivity contribution >= 4 is 27.5 Å². The Bertz CT molecular complexity index is 376. The van der Waals surface area contributed by atoms with Gasteiger partial charge in [-0.05, 0) is 40.9 Å². The summed E-state index contributed by atoms with van der Waals surface area (Å²) in [5.74, 6) is 0.158. The number of benzene rings is 1. The number of anilines is 1. The van der Waals surface area contributed by atoms with Gasteiger partial charge in [-0.2, -0.15) is 0 Å². The van der Waals surface area contributed by atoms with Crippen LogP contribution in [-0.4, -0.2) is 5.91 Å². The summed E-state index contributed by atoms with van der Waals surface area (Å²) < 4.78 is 0.965. The second-order valence-electron chi connectivity index (χ2n) is 4.12. The number of rotatable bonds is 4. The van der Waals surface area contributed by atoms with Crippen molar-refractivity contribution in [1.29, 1.82) is 0 Å². The molecule has 0 spiro atoms. The van der Waals surface area contributed by atoms with Crippen LogP contribution in [-0.2, 0) is 4.79 Å². The molecule has 0 fully saturated rings. The Labute approximate surface area is 106 Å². The molecule has 0 radical (unpaired) electrons. The SMILES string of the molecule is CCCC(C)C(=O)Nc1cccc(C)c1Br. The van der Waals surface area contributed by atoms with Crippen LogP contribution < -0.4 is 5.32 Å². The van der Waals surface area contributed by atoms with Gasteiger partial charge in [0.2, 0.25) is 5.91 Å². The lowest BCUT2D eigenvalue weighted by Gasteiger charge is -2.13. The van der Waals surface area contributed by atoms with E-state index in [0.29, 0.717) is 0 Å². The summed E-state index contributed by atoms with van der Waals surface area (Å²) in [4.78, 5) is 11.8. The summed E-state index contributed by atoms with van der Waals surface area (Å²) in [6.07, 6.45) is 1.96. The highest BCUT2D eigenvalue weighted by Gasteiger charge is 2.13. The first kappa shape index (κ1) is 13.2. The highest BCUT2D eigenvalue weighted by molar-refractivity contribution is 9.10. The average molecular weight is 284 g/mol. The van der Waals surface area contributed by atoms with E-state index in [1.165, 1.54) is 0 Å². The monoisotopic (exact) mass is 283 g/mol. The number of hydrogen-bond donors (Lipinski definition) is 1. The predicted molar refractivity (Wildman–Crippen MR) is 71.6 cm³/mol. The number of hydrogen-bond acceptors (Lipinski definition) is 1. The van der Waals surface area contributed by atoms with E-state index in [4.69, 9.17) is 0 Å². The molecule has 0 aliphatic carbocycles. The first-order valence-electron chi connectivity index (χ1n) is 5.62. The molecular formula is C13H18BrNO. The van der Waals surface area contributed by atoms with Crippen molar-refractivity contribution in [2.24, 2.45) is 5.92 Å². The van der Waals surface area contributed by atoms with Crippen LogP contribution in [0.1, 0.15) is 32.3 Å². The zero-order valence-electron chi connectivity index (χ0n) is 10.0. The minimum absolute atomic E-state index is 0.0670. The van der Waals surface area contributed by atoms with Crippen LogP contribution in [0.25, 0.3) is 0 Å². The van der Waals surface area contributed by atoms with Crippen LogP contribution in [0.2, 0.25) is 0 Å². The molecule has 1 aromatic carbocycles. The van der Waals surface area contributed by atoms with Gasteiger partial charge in [0.15, 0.2) is 0 Å². The molecule has 1 N–H and O–H groups in total. The molecule has 0 aliphatic rings. The zero-order chi connectivity index (χ0) is 12.1. The number of nitrogens with one attached hydrogen (secondary N) is 1. The topological polar surface area (TPSA) is 29.1 Å². The predicted octanol–water partition coefficient (Wildman–Crippen LogP) is 4.13. The van der Waals surface area contributed by atoms with Crippen molar-refractivity contribution in [2.45, 2.75) is 33.6 Å². The largest absolute Gasteiger partial charge is 0.325 e. The zero-order valence-corrected chi connectivity index (χ0v) is 11.6. The normalized spacial score (nSPS) is 12.2. The van der Waals surface area contributed by atoms with Crippen molar-refractivity contribution in [3.8, 4) is 0 Å². The quantitative estimate of drug-likeness (QED) is 0.884. The highest BCUT2D eigenvalue weighted by atomic mass is 79.9. The minimum atomic E-state index is 0.0670. The van der Waals surface area contributed by atoms with Gasteiger partial charge in [0.05, 0.1) is 5.69 Å². The van der Waals surface area contributed by atoms with Gasteiger partial charge in [-0.25, -0.2) is 0 Å². The van der Waals surface area contributed by atoms with Crippen LogP contribution in [0.5, 0.6) is 0 Å². The number of amides is 1. The van der Waals surface area contributed by atoms with Gasteiger partial charge in [0.1, 0.15) is 0 Å². The number of carbonyl (C=O) groups excluding carboxylic acids is 1. The average Bonchev–Trinajstić information content (AvgIpc) is 2.25. The van der Waals surface area contributed by atoms with E-state index in [2.05, 4.69) is 28.2 Å². The molecule has 88 valence electrons. The minimum Gasteiger partial charge on any atom is -0.325 e. The lowest BCUT2D eigenvalue weighted by molar-refractivity contribution is -0.119. The molecule has 1 atom stereocenters. The van der Waals surface area contributed by atoms with Crippen LogP contribution in [0.4, 0.5) is 5.69 Å². The Morgan fingerprint density at radius 2 is 2.19 bits per heavy atom. The fraction of sp³-hybridized carbons (Fsp3) is 0.462. The third-order valence-corrected chi connectivity index (χ3v) is 3.67. The highest BCUT2D eigenvalue weighted by Crippen LogP contribution is 2.26. The van der Waals surface area contributed by atoms with Crippen molar-refractivity contribution in [1.82, 2.24) is 0 Å². The van der Waals surface area contributed by atoms with Crippen LogP contribution in [0.15, 0.2) is 22.7 Å². The summed E-state index contributed by atoms with van der Waals surface area (Å²) in [6.45, 7) is 6.06. The van der Waals surface area contributed by atoms with Gasteiger partial charge >= 0.3 is 0 Å². The van der Waals surface area contributed by atoms with Crippen LogP contribution in [0.3, 0.4) is 0 Å². The van der Waals surface area contributed by atoms with Gasteiger partial charge in [0.25, 0.3) is 0 Å².